The van der Waals surface area contributed by atoms with Gasteiger partial charge in [-0.2, -0.15) is 70.2 Å². The van der Waals surface area contributed by atoms with Crippen LogP contribution in [0.3, 0.4) is 0 Å². The van der Waals surface area contributed by atoms with E-state index in [9.17, 15) is 105 Å². The Labute approximate surface area is 225 Å². The van der Waals surface area contributed by atoms with Crippen LogP contribution in [0.5, 0.6) is 0 Å². The molecule has 0 saturated carbocycles. The molecule has 0 amide bonds. The molecule has 2 atom stereocenters. The van der Waals surface area contributed by atoms with Gasteiger partial charge in [-0.15, -0.1) is 0 Å². The molecule has 44 heavy (non-hydrogen) atoms. The first-order chi connectivity index (χ1) is 19.2. The minimum absolute atomic E-state index is 2.58. The first kappa shape index (κ1) is 42.2. The van der Waals surface area contributed by atoms with Crippen LogP contribution in [-0.2, 0) is 18.9 Å². The van der Waals surface area contributed by atoms with Crippen molar-refractivity contribution in [2.45, 2.75) is 86.0 Å². The van der Waals surface area contributed by atoms with Crippen molar-refractivity contribution in [3.63, 3.8) is 0 Å². The summed E-state index contributed by atoms with van der Waals surface area (Å²) in [4.78, 5) is 0. The molecule has 0 radical (unpaired) electrons. The summed E-state index contributed by atoms with van der Waals surface area (Å²) in [5, 5.41) is 0. The predicted molar refractivity (Wildman–Crippen MR) is 85.2 cm³/mol. The van der Waals surface area contributed by atoms with E-state index in [1.54, 1.807) is 0 Å². The molecule has 0 spiro atoms. The largest absolute Gasteiger partial charge is 0.425 e. The van der Waals surface area contributed by atoms with Gasteiger partial charge in [0.2, 0.25) is 0 Å². The molecule has 0 aromatic rings. The van der Waals surface area contributed by atoms with Gasteiger partial charge in [0.15, 0.2) is 0 Å². The SMILES string of the molecule is FC(F)C(F)(F)C(F)(F)OC[C@H](OC(F)(F)C(F)(F)C(F)F)[C@@H](COC(F)(F)C(F)(F)C(F)F)OC(F)(F)C(F)(F)C(F)F. The van der Waals surface area contributed by atoms with Crippen LogP contribution < -0.4 is 0 Å². The van der Waals surface area contributed by atoms with Crippen molar-refractivity contribution in [1.29, 1.82) is 0 Å². The van der Waals surface area contributed by atoms with Crippen LogP contribution in [-0.4, -0.2) is 99.2 Å². The molecule has 0 fully saturated rings. The fourth-order valence-electron chi connectivity index (χ4n) is 2.05. The zero-order chi connectivity index (χ0) is 35.7. The summed E-state index contributed by atoms with van der Waals surface area (Å²) in [6.07, 6.45) is -60.1. The Kier molecular flexibility index (Phi) is 12.9. The maximum Gasteiger partial charge on any atom is 0.425 e. The molecular formula is C16H10F24O4. The molecule has 0 unspecified atom stereocenters. The molecule has 0 aromatic carbocycles. The lowest BCUT2D eigenvalue weighted by atomic mass is 10.2. The number of alkyl halides is 24. The summed E-state index contributed by atoms with van der Waals surface area (Å²) in [5.41, 5.74) is 0. The molecule has 0 saturated heterocycles. The van der Waals surface area contributed by atoms with Gasteiger partial charge in [0.1, 0.15) is 12.2 Å². The third-order valence-corrected chi connectivity index (χ3v) is 4.52. The second kappa shape index (κ2) is 13.5. The molecule has 0 N–H and O–H groups in total. The first-order valence-electron chi connectivity index (χ1n) is 9.94. The lowest BCUT2D eigenvalue weighted by Gasteiger charge is -2.37. The Morgan fingerprint density at radius 2 is 0.500 bits per heavy atom. The highest BCUT2D eigenvalue weighted by Gasteiger charge is 2.70. The molecule has 266 valence electrons. The molecule has 4 nitrogen and oxygen atoms in total. The number of hydrogen-bond donors (Lipinski definition) is 0. The quantitative estimate of drug-likeness (QED) is 0.128. The van der Waals surface area contributed by atoms with Crippen molar-refractivity contribution in [2.24, 2.45) is 0 Å². The minimum atomic E-state index is -7.15. The van der Waals surface area contributed by atoms with Crippen LogP contribution in [0.25, 0.3) is 0 Å². The van der Waals surface area contributed by atoms with Crippen LogP contribution in [0.4, 0.5) is 105 Å². The van der Waals surface area contributed by atoms with E-state index in [-0.39, 0.29) is 0 Å². The van der Waals surface area contributed by atoms with Gasteiger partial charge in [-0.1, -0.05) is 0 Å². The molecule has 0 aliphatic heterocycles. The number of ether oxygens (including phenoxy) is 4. The van der Waals surface area contributed by atoms with E-state index < -0.39 is 99.2 Å². The summed E-state index contributed by atoms with van der Waals surface area (Å²) >= 11 is 0. The van der Waals surface area contributed by atoms with E-state index in [2.05, 4.69) is 18.9 Å². The molecule has 0 bridgehead atoms. The smallest absolute Gasteiger partial charge is 0.313 e. The molecule has 0 rings (SSSR count). The van der Waals surface area contributed by atoms with Gasteiger partial charge in [-0.3, -0.25) is 0 Å². The third kappa shape index (κ3) is 8.69. The van der Waals surface area contributed by atoms with Gasteiger partial charge in [-0.05, 0) is 0 Å². The van der Waals surface area contributed by atoms with Gasteiger partial charge >= 0.3 is 73.8 Å². The topological polar surface area (TPSA) is 36.9 Å². The van der Waals surface area contributed by atoms with Crippen molar-refractivity contribution in [3.05, 3.63) is 0 Å². The van der Waals surface area contributed by atoms with Gasteiger partial charge < -0.3 is 18.9 Å². The lowest BCUT2D eigenvalue weighted by molar-refractivity contribution is -0.438. The molecule has 0 heterocycles. The fourth-order valence-corrected chi connectivity index (χ4v) is 2.05. The van der Waals surface area contributed by atoms with Crippen molar-refractivity contribution in [1.82, 2.24) is 0 Å². The first-order valence-corrected chi connectivity index (χ1v) is 9.94. The summed E-state index contributed by atoms with van der Waals surface area (Å²) in [7, 11) is 0. The van der Waals surface area contributed by atoms with E-state index in [4.69, 9.17) is 0 Å². The average Bonchev–Trinajstić information content (AvgIpc) is 2.83. The standard InChI is InChI=1S/C16H10F24O4/c17-5(18)9(25,26)13(33,34)41-1-3(43-15(37,38)11(29,30)7(21)22)4(44-16(39,40)12(31,32)8(23)24)2-42-14(35,36)10(27,28)6(19)20/h3-8H,1-2H2/t3-,4+. The van der Waals surface area contributed by atoms with Crippen molar-refractivity contribution in [3.8, 4) is 0 Å². The van der Waals surface area contributed by atoms with Crippen molar-refractivity contribution >= 4 is 0 Å². The molecular weight excluding hydrogens is 712 g/mol. The Morgan fingerprint density at radius 1 is 0.318 bits per heavy atom. The molecule has 28 heteroatoms. The van der Waals surface area contributed by atoms with Crippen LogP contribution in [0.15, 0.2) is 0 Å². The normalized spacial score (nSPS) is 16.9. The van der Waals surface area contributed by atoms with Crippen LogP contribution in [0.2, 0.25) is 0 Å². The zero-order valence-corrected chi connectivity index (χ0v) is 19.6. The summed E-state index contributed by atoms with van der Waals surface area (Å²) in [6.45, 7) is -7.10. The maximum absolute atomic E-state index is 13.7. The van der Waals surface area contributed by atoms with Gasteiger partial charge in [0, 0.05) is 0 Å². The van der Waals surface area contributed by atoms with Gasteiger partial charge in [-0.25, -0.2) is 35.1 Å². The third-order valence-electron chi connectivity index (χ3n) is 4.52. The second-order valence-corrected chi connectivity index (χ2v) is 7.70. The lowest BCUT2D eigenvalue weighted by Crippen LogP contribution is -2.58. The Morgan fingerprint density at radius 3 is 0.682 bits per heavy atom. The Balaban J connectivity index is 7.10. The maximum atomic E-state index is 13.7. The highest BCUT2D eigenvalue weighted by atomic mass is 19.4. The Bertz CT molecular complexity index is 835. The van der Waals surface area contributed by atoms with Crippen molar-refractivity contribution < 1.29 is 124 Å². The van der Waals surface area contributed by atoms with E-state index in [1.807, 2.05) is 0 Å². The van der Waals surface area contributed by atoms with E-state index >= 15 is 0 Å². The molecule has 0 aromatic heterocycles. The summed E-state index contributed by atoms with van der Waals surface area (Å²) in [5.74, 6) is -27.7. The van der Waals surface area contributed by atoms with Crippen LogP contribution >= 0.6 is 0 Å². The average molecular weight is 722 g/mol. The summed E-state index contributed by atoms with van der Waals surface area (Å²) < 4.78 is 322. The zero-order valence-electron chi connectivity index (χ0n) is 19.6. The van der Waals surface area contributed by atoms with E-state index in [0.29, 0.717) is 0 Å². The monoisotopic (exact) mass is 722 g/mol. The number of hydrogen-bond acceptors (Lipinski definition) is 4. The van der Waals surface area contributed by atoms with Gasteiger partial charge in [0.25, 0.3) is 0 Å². The summed E-state index contributed by atoms with van der Waals surface area (Å²) in [6, 6.07) is 0. The predicted octanol–water partition coefficient (Wildman–Crippen LogP) is 7.76. The minimum Gasteiger partial charge on any atom is -0.313 e. The number of rotatable bonds is 19. The fraction of sp³-hybridized carbons (Fsp3) is 1.00. The highest BCUT2D eigenvalue weighted by Crippen LogP contribution is 2.46. The second-order valence-electron chi connectivity index (χ2n) is 7.70. The molecule has 0 aliphatic carbocycles. The van der Waals surface area contributed by atoms with Crippen LogP contribution in [0, 0.1) is 0 Å². The van der Waals surface area contributed by atoms with Crippen LogP contribution in [0.1, 0.15) is 0 Å². The van der Waals surface area contributed by atoms with Gasteiger partial charge in [0.05, 0.1) is 13.2 Å². The number of halogens is 24. The highest BCUT2D eigenvalue weighted by molar-refractivity contribution is 4.88. The molecule has 0 aliphatic rings. The van der Waals surface area contributed by atoms with E-state index in [0.717, 1.165) is 0 Å². The van der Waals surface area contributed by atoms with Crippen molar-refractivity contribution in [2.75, 3.05) is 13.2 Å². The van der Waals surface area contributed by atoms with E-state index in [1.165, 1.54) is 0 Å². The Hall–Kier alpha value is -1.84.